The first-order valence-electron chi connectivity index (χ1n) is 8.51. The monoisotopic (exact) mass is 375 g/mol. The van der Waals surface area contributed by atoms with Crippen molar-refractivity contribution in [3.63, 3.8) is 0 Å². The number of benzene rings is 2. The average Bonchev–Trinajstić information content (AvgIpc) is 2.67. The van der Waals surface area contributed by atoms with Crippen LogP contribution in [0, 0.1) is 6.92 Å². The number of ether oxygens (including phenoxy) is 3. The topological polar surface area (TPSA) is 48.0 Å². The van der Waals surface area contributed by atoms with Crippen LogP contribution < -0.4 is 9.47 Å². The van der Waals surface area contributed by atoms with Crippen LogP contribution in [0.15, 0.2) is 42.5 Å². The van der Waals surface area contributed by atoms with E-state index in [4.69, 9.17) is 25.8 Å². The number of rotatable bonds is 5. The molecule has 1 aliphatic heterocycles. The predicted octanol–water partition coefficient (Wildman–Crippen LogP) is 3.58. The van der Waals surface area contributed by atoms with Gasteiger partial charge in [0.15, 0.2) is 11.5 Å². The van der Waals surface area contributed by atoms with Crippen molar-refractivity contribution >= 4 is 17.5 Å². The fraction of sp³-hybridized carbons (Fsp3) is 0.350. The van der Waals surface area contributed by atoms with E-state index in [1.165, 1.54) is 0 Å². The maximum atomic E-state index is 12.7. The molecule has 0 bridgehead atoms. The lowest BCUT2D eigenvalue weighted by molar-refractivity contribution is -0.0403. The molecule has 0 aromatic heterocycles. The summed E-state index contributed by atoms with van der Waals surface area (Å²) in [6.07, 6.45) is -0.207. The molecule has 1 saturated heterocycles. The van der Waals surface area contributed by atoms with Crippen molar-refractivity contribution in [1.29, 1.82) is 0 Å². The fourth-order valence-electron chi connectivity index (χ4n) is 2.89. The number of carbonyl (C=O) groups is 1. The fourth-order valence-corrected chi connectivity index (χ4v) is 3.10. The van der Waals surface area contributed by atoms with Gasteiger partial charge in [-0.15, -0.1) is 0 Å². The van der Waals surface area contributed by atoms with Crippen molar-refractivity contribution in [1.82, 2.24) is 4.90 Å². The van der Waals surface area contributed by atoms with Gasteiger partial charge in [0.2, 0.25) is 0 Å². The van der Waals surface area contributed by atoms with Gasteiger partial charge in [0.25, 0.3) is 5.91 Å². The minimum absolute atomic E-state index is 0.0863. The van der Waals surface area contributed by atoms with Gasteiger partial charge in [-0.2, -0.15) is 0 Å². The van der Waals surface area contributed by atoms with E-state index in [0.29, 0.717) is 48.4 Å². The lowest BCUT2D eigenvalue weighted by atomic mass is 10.1. The second-order valence-corrected chi connectivity index (χ2v) is 6.60. The highest BCUT2D eigenvalue weighted by atomic mass is 35.5. The molecule has 0 N–H and O–H groups in total. The molecule has 1 atom stereocenters. The van der Waals surface area contributed by atoms with Gasteiger partial charge in [-0.25, -0.2) is 0 Å². The molecule has 0 aliphatic carbocycles. The SMILES string of the molecule is COc1cc(C)ccc1OC[C@@H]1CN(C(=O)c2ccccc2Cl)CCO1. The number of nitrogens with zero attached hydrogens (tertiary/aromatic N) is 1. The van der Waals surface area contributed by atoms with Crippen LogP contribution in [-0.2, 0) is 4.74 Å². The summed E-state index contributed by atoms with van der Waals surface area (Å²) in [6.45, 7) is 3.79. The normalized spacial score (nSPS) is 17.0. The average molecular weight is 376 g/mol. The van der Waals surface area contributed by atoms with Gasteiger partial charge in [0, 0.05) is 6.54 Å². The Kier molecular flexibility index (Phi) is 6.01. The summed E-state index contributed by atoms with van der Waals surface area (Å²) in [5, 5.41) is 0.459. The van der Waals surface area contributed by atoms with Crippen molar-refractivity contribution < 1.29 is 19.0 Å². The third-order valence-corrected chi connectivity index (χ3v) is 4.60. The van der Waals surface area contributed by atoms with Gasteiger partial charge in [-0.1, -0.05) is 29.8 Å². The second kappa shape index (κ2) is 8.43. The standard InChI is InChI=1S/C20H22ClNO4/c1-14-7-8-18(19(11-14)24-2)26-13-15-12-22(9-10-25-15)20(23)16-5-3-4-6-17(16)21/h3-8,11,15H,9-10,12-13H2,1-2H3/t15-/m0/s1. The molecule has 1 heterocycles. The number of aryl methyl sites for hydroxylation is 1. The van der Waals surface area contributed by atoms with Crippen LogP contribution in [0.25, 0.3) is 0 Å². The summed E-state index contributed by atoms with van der Waals surface area (Å²) in [7, 11) is 1.61. The molecule has 26 heavy (non-hydrogen) atoms. The summed E-state index contributed by atoms with van der Waals surface area (Å²) in [4.78, 5) is 14.5. The third kappa shape index (κ3) is 4.29. The lowest BCUT2D eigenvalue weighted by Gasteiger charge is -2.33. The van der Waals surface area contributed by atoms with Crippen molar-refractivity contribution in [3.8, 4) is 11.5 Å². The molecule has 2 aromatic carbocycles. The van der Waals surface area contributed by atoms with E-state index in [9.17, 15) is 4.79 Å². The molecule has 5 nitrogen and oxygen atoms in total. The molecule has 138 valence electrons. The highest BCUT2D eigenvalue weighted by Crippen LogP contribution is 2.28. The highest BCUT2D eigenvalue weighted by molar-refractivity contribution is 6.33. The first-order chi connectivity index (χ1) is 12.6. The lowest BCUT2D eigenvalue weighted by Crippen LogP contribution is -2.47. The predicted molar refractivity (Wildman–Crippen MR) is 100 cm³/mol. The summed E-state index contributed by atoms with van der Waals surface area (Å²) in [5.41, 5.74) is 1.61. The molecule has 0 saturated carbocycles. The Morgan fingerprint density at radius 3 is 2.85 bits per heavy atom. The van der Waals surface area contributed by atoms with Crippen LogP contribution in [0.3, 0.4) is 0 Å². The summed E-state index contributed by atoms with van der Waals surface area (Å²) in [5.74, 6) is 1.26. The van der Waals surface area contributed by atoms with E-state index in [0.717, 1.165) is 5.56 Å². The Hall–Kier alpha value is -2.24. The van der Waals surface area contributed by atoms with E-state index in [1.54, 1.807) is 24.1 Å². The molecular formula is C20H22ClNO4. The third-order valence-electron chi connectivity index (χ3n) is 4.27. The van der Waals surface area contributed by atoms with E-state index in [-0.39, 0.29) is 12.0 Å². The molecule has 1 aliphatic rings. The molecule has 1 fully saturated rings. The Morgan fingerprint density at radius 1 is 1.27 bits per heavy atom. The molecular weight excluding hydrogens is 354 g/mol. The van der Waals surface area contributed by atoms with Crippen molar-refractivity contribution in [2.24, 2.45) is 0 Å². The number of amides is 1. The number of morpholine rings is 1. The maximum Gasteiger partial charge on any atom is 0.255 e. The zero-order chi connectivity index (χ0) is 18.5. The number of carbonyl (C=O) groups excluding carboxylic acids is 1. The van der Waals surface area contributed by atoms with Gasteiger partial charge in [0.1, 0.15) is 12.7 Å². The Bertz CT molecular complexity index is 780. The zero-order valence-corrected chi connectivity index (χ0v) is 15.7. The van der Waals surface area contributed by atoms with Gasteiger partial charge >= 0.3 is 0 Å². The Morgan fingerprint density at radius 2 is 2.08 bits per heavy atom. The van der Waals surface area contributed by atoms with Crippen LogP contribution >= 0.6 is 11.6 Å². The first kappa shape index (κ1) is 18.5. The molecule has 0 radical (unpaired) electrons. The minimum Gasteiger partial charge on any atom is -0.493 e. The van der Waals surface area contributed by atoms with Crippen LogP contribution in [-0.4, -0.2) is 50.3 Å². The van der Waals surface area contributed by atoms with E-state index >= 15 is 0 Å². The highest BCUT2D eigenvalue weighted by Gasteiger charge is 2.26. The molecule has 0 unspecified atom stereocenters. The van der Waals surface area contributed by atoms with Crippen LogP contribution in [0.2, 0.25) is 5.02 Å². The van der Waals surface area contributed by atoms with Gasteiger partial charge in [0.05, 0.1) is 30.8 Å². The zero-order valence-electron chi connectivity index (χ0n) is 14.9. The number of halogens is 1. The molecule has 6 heteroatoms. The second-order valence-electron chi connectivity index (χ2n) is 6.19. The minimum atomic E-state index is -0.207. The van der Waals surface area contributed by atoms with E-state index in [2.05, 4.69) is 0 Å². The van der Waals surface area contributed by atoms with Crippen LogP contribution in [0.4, 0.5) is 0 Å². The van der Waals surface area contributed by atoms with Crippen LogP contribution in [0.1, 0.15) is 15.9 Å². The van der Waals surface area contributed by atoms with E-state index < -0.39 is 0 Å². The van der Waals surface area contributed by atoms with Crippen molar-refractivity contribution in [2.75, 3.05) is 33.4 Å². The maximum absolute atomic E-state index is 12.7. The smallest absolute Gasteiger partial charge is 0.255 e. The first-order valence-corrected chi connectivity index (χ1v) is 8.89. The summed E-state index contributed by atoms with van der Waals surface area (Å²) < 4.78 is 17.0. The molecule has 3 rings (SSSR count). The Labute approximate surface area is 158 Å². The number of hydrogen-bond donors (Lipinski definition) is 0. The van der Waals surface area contributed by atoms with Crippen LogP contribution in [0.5, 0.6) is 11.5 Å². The molecule has 0 spiro atoms. The molecule has 1 amide bonds. The largest absolute Gasteiger partial charge is 0.493 e. The van der Waals surface area contributed by atoms with E-state index in [1.807, 2.05) is 37.3 Å². The van der Waals surface area contributed by atoms with Crippen molar-refractivity contribution in [3.05, 3.63) is 58.6 Å². The van der Waals surface area contributed by atoms with Gasteiger partial charge in [-0.05, 0) is 36.8 Å². The summed E-state index contributed by atoms with van der Waals surface area (Å²) >= 11 is 6.14. The molecule has 2 aromatic rings. The van der Waals surface area contributed by atoms with Gasteiger partial charge in [-0.3, -0.25) is 4.79 Å². The van der Waals surface area contributed by atoms with Crippen molar-refractivity contribution in [2.45, 2.75) is 13.0 Å². The van der Waals surface area contributed by atoms with Gasteiger partial charge < -0.3 is 19.1 Å². The number of methoxy groups -OCH3 is 1. The number of hydrogen-bond acceptors (Lipinski definition) is 4. The summed E-state index contributed by atoms with van der Waals surface area (Å²) in [6, 6.07) is 12.8. The Balaban J connectivity index is 1.62. The quantitative estimate of drug-likeness (QED) is 0.801.